The van der Waals surface area contributed by atoms with E-state index >= 15 is 0 Å². The van der Waals surface area contributed by atoms with Gasteiger partial charge in [-0.3, -0.25) is 4.79 Å². The Kier molecular flexibility index (Phi) is 6.30. The van der Waals surface area contributed by atoms with Crippen molar-refractivity contribution in [3.63, 3.8) is 0 Å². The largest absolute Gasteiger partial charge is 0.495 e. The van der Waals surface area contributed by atoms with Crippen molar-refractivity contribution in [2.24, 2.45) is 0 Å². The molecule has 0 spiro atoms. The number of amides is 1. The predicted octanol–water partition coefficient (Wildman–Crippen LogP) is 2.16. The zero-order valence-corrected chi connectivity index (χ0v) is 18.1. The highest BCUT2D eigenvalue weighted by molar-refractivity contribution is 7.94. The third-order valence-corrected chi connectivity index (χ3v) is 7.80. The molecule has 2 aromatic rings. The topological polar surface area (TPSA) is 110 Å². The minimum Gasteiger partial charge on any atom is -0.495 e. The quantitative estimate of drug-likeness (QED) is 0.692. The lowest BCUT2D eigenvalue weighted by Gasteiger charge is -2.27. The monoisotopic (exact) mass is 450 g/mol. The number of sulfone groups is 1. The highest BCUT2D eigenvalue weighted by Gasteiger charge is 2.36. The molecule has 1 aliphatic rings. The molecule has 0 unspecified atom stereocenters. The van der Waals surface area contributed by atoms with Crippen molar-refractivity contribution in [3.8, 4) is 5.75 Å². The van der Waals surface area contributed by atoms with Crippen molar-refractivity contribution in [2.75, 3.05) is 18.2 Å². The third-order valence-electron chi connectivity index (χ3n) is 4.55. The maximum atomic E-state index is 13.5. The number of nitrogens with one attached hydrogen (secondary N) is 1. The van der Waals surface area contributed by atoms with Crippen LogP contribution in [0.15, 0.2) is 64.9 Å². The van der Waals surface area contributed by atoms with E-state index in [2.05, 4.69) is 5.32 Å². The summed E-state index contributed by atoms with van der Waals surface area (Å²) >= 11 is 0. The third kappa shape index (κ3) is 4.89. The highest BCUT2D eigenvalue weighted by Crippen LogP contribution is 2.31. The van der Waals surface area contributed by atoms with Crippen molar-refractivity contribution < 1.29 is 26.4 Å². The van der Waals surface area contributed by atoms with Crippen LogP contribution in [-0.2, 0) is 31.2 Å². The number of carbonyl (C=O) groups is 1. The Morgan fingerprint density at radius 3 is 2.47 bits per heavy atom. The molecule has 1 atom stereocenters. The summed E-state index contributed by atoms with van der Waals surface area (Å²) in [6.45, 7) is 1.30. The van der Waals surface area contributed by atoms with E-state index in [1.54, 1.807) is 24.3 Å². The molecule has 10 heteroatoms. The number of ether oxygens (including phenoxy) is 1. The zero-order chi connectivity index (χ0) is 21.9. The number of methoxy groups -OCH3 is 1. The Bertz CT molecular complexity index is 1180. The smallest absolute Gasteiger partial charge is 0.244 e. The molecule has 1 heterocycles. The second-order valence-electron chi connectivity index (χ2n) is 6.80. The van der Waals surface area contributed by atoms with Gasteiger partial charge in [-0.25, -0.2) is 16.8 Å². The van der Waals surface area contributed by atoms with Crippen LogP contribution in [0.1, 0.15) is 12.5 Å². The van der Waals surface area contributed by atoms with Crippen molar-refractivity contribution >= 4 is 31.5 Å². The maximum Gasteiger partial charge on any atom is 0.244 e. The summed E-state index contributed by atoms with van der Waals surface area (Å²) in [6.07, 6.45) is 1.38. The number of anilines is 1. The van der Waals surface area contributed by atoms with Crippen LogP contribution in [-0.4, -0.2) is 46.0 Å². The Morgan fingerprint density at radius 2 is 1.90 bits per heavy atom. The summed E-state index contributed by atoms with van der Waals surface area (Å²) in [4.78, 5) is 11.4. The first-order valence-corrected chi connectivity index (χ1v) is 12.2. The van der Waals surface area contributed by atoms with Crippen LogP contribution in [0.4, 0.5) is 5.69 Å². The lowest BCUT2D eigenvalue weighted by molar-refractivity contribution is -0.114. The van der Waals surface area contributed by atoms with Gasteiger partial charge in [0, 0.05) is 18.9 Å². The highest BCUT2D eigenvalue weighted by atomic mass is 32.2. The molecule has 8 nitrogen and oxygen atoms in total. The van der Waals surface area contributed by atoms with Gasteiger partial charge < -0.3 is 10.1 Å². The van der Waals surface area contributed by atoms with Crippen LogP contribution in [0.3, 0.4) is 0 Å². The second kappa shape index (κ2) is 8.58. The van der Waals surface area contributed by atoms with Gasteiger partial charge >= 0.3 is 0 Å². The van der Waals surface area contributed by atoms with Crippen LogP contribution in [0.25, 0.3) is 0 Å². The molecule has 1 N–H and O–H groups in total. The van der Waals surface area contributed by atoms with E-state index in [0.717, 1.165) is 15.3 Å². The molecular formula is C20H22N2O6S2. The first-order chi connectivity index (χ1) is 14.1. The molecule has 2 aromatic carbocycles. The van der Waals surface area contributed by atoms with Gasteiger partial charge in [-0.05, 0) is 23.8 Å². The number of nitrogens with zero attached hydrogens (tertiary/aromatic N) is 1. The van der Waals surface area contributed by atoms with Crippen LogP contribution >= 0.6 is 0 Å². The Labute approximate surface area is 176 Å². The minimum atomic E-state index is -4.11. The molecule has 0 aliphatic carbocycles. The van der Waals surface area contributed by atoms with Gasteiger partial charge in [-0.1, -0.05) is 36.4 Å². The van der Waals surface area contributed by atoms with E-state index in [1.165, 1.54) is 38.3 Å². The first kappa shape index (κ1) is 22.0. The summed E-state index contributed by atoms with van der Waals surface area (Å²) in [5.74, 6) is -0.399. The Balaban J connectivity index is 2.05. The standard InChI is InChI=1S/C20H22N2O6S2/c1-15(23)21-19-12-18(8-9-20(19)28-2)30(26,27)22(13-16-6-4-3-5-7-16)17-10-11-29(24,25)14-17/h3-12,17H,13-14H2,1-2H3,(H,21,23)/t17-/m1/s1. The van der Waals surface area contributed by atoms with E-state index in [-0.39, 0.29) is 28.8 Å². The fourth-order valence-corrected chi connectivity index (χ4v) is 6.14. The van der Waals surface area contributed by atoms with Crippen molar-refractivity contribution in [1.29, 1.82) is 0 Å². The fourth-order valence-electron chi connectivity index (χ4n) is 3.15. The summed E-state index contributed by atoms with van der Waals surface area (Å²) < 4.78 is 57.3. The van der Waals surface area contributed by atoms with E-state index in [9.17, 15) is 21.6 Å². The van der Waals surface area contributed by atoms with E-state index in [4.69, 9.17) is 4.74 Å². The minimum absolute atomic E-state index is 0.00476. The van der Waals surface area contributed by atoms with Crippen molar-refractivity contribution in [1.82, 2.24) is 4.31 Å². The molecule has 0 radical (unpaired) electrons. The Hall–Kier alpha value is -2.69. The maximum absolute atomic E-state index is 13.5. The SMILES string of the molecule is COc1ccc(S(=O)(=O)N(Cc2ccccc2)[C@@H]2C=CS(=O)(=O)C2)cc1NC(C)=O. The second-order valence-corrected chi connectivity index (χ2v) is 10.6. The van der Waals surface area contributed by atoms with Gasteiger partial charge in [0.15, 0.2) is 9.84 Å². The number of sulfonamides is 1. The molecule has 0 saturated heterocycles. The number of hydrogen-bond acceptors (Lipinski definition) is 6. The van der Waals surface area contributed by atoms with E-state index in [0.29, 0.717) is 5.75 Å². The van der Waals surface area contributed by atoms with Gasteiger partial charge in [-0.15, -0.1) is 0 Å². The van der Waals surface area contributed by atoms with Gasteiger partial charge in [0.05, 0.1) is 29.5 Å². The molecule has 0 saturated carbocycles. The Morgan fingerprint density at radius 1 is 1.20 bits per heavy atom. The molecule has 30 heavy (non-hydrogen) atoms. The van der Waals surface area contributed by atoms with Crippen molar-refractivity contribution in [3.05, 3.63) is 65.6 Å². The van der Waals surface area contributed by atoms with Crippen LogP contribution in [0.2, 0.25) is 0 Å². The summed E-state index contributed by atoms with van der Waals surface area (Å²) in [7, 11) is -6.17. The molecule has 0 aromatic heterocycles. The van der Waals surface area contributed by atoms with Gasteiger partial charge in [-0.2, -0.15) is 4.31 Å². The van der Waals surface area contributed by atoms with Crippen LogP contribution in [0.5, 0.6) is 5.75 Å². The average Bonchev–Trinajstić information content (AvgIpc) is 3.05. The number of rotatable bonds is 7. The number of hydrogen-bond donors (Lipinski definition) is 1. The number of carbonyl (C=O) groups excluding carboxylic acids is 1. The predicted molar refractivity (Wildman–Crippen MR) is 113 cm³/mol. The van der Waals surface area contributed by atoms with Gasteiger partial charge in [0.2, 0.25) is 15.9 Å². The summed E-state index contributed by atoms with van der Waals surface area (Å²) in [5.41, 5.74) is 0.926. The molecule has 160 valence electrons. The normalized spacial score (nSPS) is 17.8. The molecule has 3 rings (SSSR count). The van der Waals surface area contributed by atoms with Gasteiger partial charge in [0.25, 0.3) is 0 Å². The summed E-state index contributed by atoms with van der Waals surface area (Å²) in [6, 6.07) is 12.2. The fraction of sp³-hybridized carbons (Fsp3) is 0.250. The lowest BCUT2D eigenvalue weighted by atomic mass is 10.2. The molecule has 1 amide bonds. The van der Waals surface area contributed by atoms with E-state index < -0.39 is 25.9 Å². The summed E-state index contributed by atoms with van der Waals surface area (Å²) in [5, 5.41) is 3.59. The first-order valence-electron chi connectivity index (χ1n) is 9.05. The lowest BCUT2D eigenvalue weighted by Crippen LogP contribution is -2.40. The van der Waals surface area contributed by atoms with Crippen LogP contribution in [0, 0.1) is 0 Å². The van der Waals surface area contributed by atoms with E-state index in [1.807, 2.05) is 6.07 Å². The molecular weight excluding hydrogens is 428 g/mol. The molecule has 0 bridgehead atoms. The van der Waals surface area contributed by atoms with Gasteiger partial charge in [0.1, 0.15) is 5.75 Å². The zero-order valence-electron chi connectivity index (χ0n) is 16.5. The number of benzene rings is 2. The van der Waals surface area contributed by atoms with Crippen molar-refractivity contribution in [2.45, 2.75) is 24.4 Å². The molecule has 1 aliphatic heterocycles. The average molecular weight is 451 g/mol. The van der Waals surface area contributed by atoms with Crippen LogP contribution < -0.4 is 10.1 Å². The molecule has 0 fully saturated rings.